The molecule has 0 spiro atoms. The number of pyridine rings is 1. The molecule has 5 nitrogen and oxygen atoms in total. The fourth-order valence-corrected chi connectivity index (χ4v) is 2.03. The van der Waals surface area contributed by atoms with Gasteiger partial charge in [-0.05, 0) is 32.1 Å². The standard InChI is InChI=1S/C14H22N4O/c1-17(2)6-7-18(14(19)12-8-13(12)15)10-11-4-3-5-16-9-11/h3-5,9,12-13H,6-8,10,15H2,1-2H3. The van der Waals surface area contributed by atoms with E-state index in [9.17, 15) is 4.79 Å². The van der Waals surface area contributed by atoms with Gasteiger partial charge in [-0.15, -0.1) is 0 Å². The van der Waals surface area contributed by atoms with Crippen molar-refractivity contribution in [2.45, 2.75) is 19.0 Å². The number of hydrogen-bond donors (Lipinski definition) is 1. The second kappa shape index (κ2) is 6.12. The van der Waals surface area contributed by atoms with E-state index in [2.05, 4.69) is 9.88 Å². The molecule has 2 unspecified atom stereocenters. The molecule has 1 aromatic heterocycles. The van der Waals surface area contributed by atoms with Crippen LogP contribution in [-0.2, 0) is 11.3 Å². The molecule has 1 fully saturated rings. The van der Waals surface area contributed by atoms with Crippen LogP contribution in [0.4, 0.5) is 0 Å². The predicted molar refractivity (Wildman–Crippen MR) is 74.3 cm³/mol. The number of nitrogens with two attached hydrogens (primary N) is 1. The minimum Gasteiger partial charge on any atom is -0.337 e. The van der Waals surface area contributed by atoms with Crippen LogP contribution in [0.25, 0.3) is 0 Å². The zero-order chi connectivity index (χ0) is 13.8. The Morgan fingerprint density at radius 1 is 1.47 bits per heavy atom. The van der Waals surface area contributed by atoms with Gasteiger partial charge in [0, 0.05) is 38.1 Å². The third-order valence-corrected chi connectivity index (χ3v) is 3.38. The van der Waals surface area contributed by atoms with Crippen LogP contribution in [0, 0.1) is 5.92 Å². The van der Waals surface area contributed by atoms with Gasteiger partial charge in [0.1, 0.15) is 0 Å². The van der Waals surface area contributed by atoms with Gasteiger partial charge in [-0.3, -0.25) is 9.78 Å². The van der Waals surface area contributed by atoms with Crippen molar-refractivity contribution >= 4 is 5.91 Å². The van der Waals surface area contributed by atoms with Gasteiger partial charge >= 0.3 is 0 Å². The van der Waals surface area contributed by atoms with E-state index in [0.29, 0.717) is 6.54 Å². The molecule has 0 bridgehead atoms. The number of aromatic nitrogens is 1. The summed E-state index contributed by atoms with van der Waals surface area (Å²) in [6.45, 7) is 2.20. The number of likely N-dealkylation sites (N-methyl/N-ethyl adjacent to an activating group) is 1. The molecule has 104 valence electrons. The van der Waals surface area contributed by atoms with E-state index in [1.54, 1.807) is 6.20 Å². The second-order valence-corrected chi connectivity index (χ2v) is 5.43. The van der Waals surface area contributed by atoms with Crippen molar-refractivity contribution in [1.82, 2.24) is 14.8 Å². The Morgan fingerprint density at radius 2 is 2.21 bits per heavy atom. The molecule has 0 radical (unpaired) electrons. The molecular weight excluding hydrogens is 240 g/mol. The number of carbonyl (C=O) groups is 1. The first-order chi connectivity index (χ1) is 9.08. The van der Waals surface area contributed by atoms with E-state index in [4.69, 9.17) is 5.73 Å². The molecule has 0 saturated heterocycles. The Morgan fingerprint density at radius 3 is 2.74 bits per heavy atom. The summed E-state index contributed by atoms with van der Waals surface area (Å²) in [5.41, 5.74) is 6.84. The van der Waals surface area contributed by atoms with Gasteiger partial charge in [-0.25, -0.2) is 0 Å². The first-order valence-electron chi connectivity index (χ1n) is 6.66. The minimum atomic E-state index is 0.0267. The van der Waals surface area contributed by atoms with Crippen LogP contribution in [0.3, 0.4) is 0 Å². The summed E-state index contributed by atoms with van der Waals surface area (Å²) in [6, 6.07) is 3.95. The van der Waals surface area contributed by atoms with Crippen LogP contribution in [0.1, 0.15) is 12.0 Å². The molecule has 5 heteroatoms. The first-order valence-corrected chi connectivity index (χ1v) is 6.66. The molecule has 1 aliphatic carbocycles. The number of carbonyl (C=O) groups excluding carboxylic acids is 1. The maximum Gasteiger partial charge on any atom is 0.227 e. The summed E-state index contributed by atoms with van der Waals surface area (Å²) in [5.74, 6) is 0.206. The molecule has 0 aromatic carbocycles. The third kappa shape index (κ3) is 4.01. The Kier molecular flexibility index (Phi) is 4.50. The fourth-order valence-electron chi connectivity index (χ4n) is 2.03. The number of hydrogen-bond acceptors (Lipinski definition) is 4. The van der Waals surface area contributed by atoms with Gasteiger partial charge in [0.2, 0.25) is 5.91 Å². The number of rotatable bonds is 6. The second-order valence-electron chi connectivity index (χ2n) is 5.43. The van der Waals surface area contributed by atoms with Gasteiger partial charge in [-0.2, -0.15) is 0 Å². The van der Waals surface area contributed by atoms with Crippen LogP contribution in [0.5, 0.6) is 0 Å². The maximum absolute atomic E-state index is 12.3. The van der Waals surface area contributed by atoms with Gasteiger partial charge in [-0.1, -0.05) is 6.07 Å². The zero-order valence-electron chi connectivity index (χ0n) is 11.6. The van der Waals surface area contributed by atoms with E-state index in [-0.39, 0.29) is 17.9 Å². The molecule has 1 aliphatic rings. The van der Waals surface area contributed by atoms with Gasteiger partial charge in [0.05, 0.1) is 5.92 Å². The van der Waals surface area contributed by atoms with E-state index in [0.717, 1.165) is 25.1 Å². The van der Waals surface area contributed by atoms with E-state index >= 15 is 0 Å². The van der Waals surface area contributed by atoms with Crippen molar-refractivity contribution in [3.05, 3.63) is 30.1 Å². The monoisotopic (exact) mass is 262 g/mol. The van der Waals surface area contributed by atoms with E-state index < -0.39 is 0 Å². The van der Waals surface area contributed by atoms with Crippen LogP contribution in [-0.4, -0.2) is 53.9 Å². The highest BCUT2D eigenvalue weighted by atomic mass is 16.2. The van der Waals surface area contributed by atoms with Gasteiger partial charge < -0.3 is 15.5 Å². The molecule has 1 aromatic rings. The quantitative estimate of drug-likeness (QED) is 0.802. The van der Waals surface area contributed by atoms with Crippen LogP contribution in [0.2, 0.25) is 0 Å². The molecule has 2 atom stereocenters. The average molecular weight is 262 g/mol. The van der Waals surface area contributed by atoms with Crippen molar-refractivity contribution in [2.24, 2.45) is 11.7 Å². The lowest BCUT2D eigenvalue weighted by atomic mass is 10.2. The van der Waals surface area contributed by atoms with Gasteiger partial charge in [0.15, 0.2) is 0 Å². The van der Waals surface area contributed by atoms with Crippen LogP contribution >= 0.6 is 0 Å². The summed E-state index contributed by atoms with van der Waals surface area (Å²) in [4.78, 5) is 20.4. The Bertz CT molecular complexity index is 421. The minimum absolute atomic E-state index is 0.0267. The summed E-state index contributed by atoms with van der Waals surface area (Å²) < 4.78 is 0. The van der Waals surface area contributed by atoms with Gasteiger partial charge in [0.25, 0.3) is 0 Å². The molecule has 0 aliphatic heterocycles. The van der Waals surface area contributed by atoms with Crippen LogP contribution in [0.15, 0.2) is 24.5 Å². The van der Waals surface area contributed by atoms with E-state index in [1.165, 1.54) is 0 Å². The SMILES string of the molecule is CN(C)CCN(Cc1cccnc1)C(=O)C1CC1N. The fraction of sp³-hybridized carbons (Fsp3) is 0.571. The molecule has 2 N–H and O–H groups in total. The Labute approximate surface area is 114 Å². The highest BCUT2D eigenvalue weighted by Crippen LogP contribution is 2.30. The molecular formula is C14H22N4O. The number of amides is 1. The summed E-state index contributed by atoms with van der Waals surface area (Å²) in [7, 11) is 4.02. The van der Waals surface area contributed by atoms with E-state index in [1.807, 2.05) is 37.3 Å². The lowest BCUT2D eigenvalue weighted by Gasteiger charge is -2.24. The Balaban J connectivity index is 1.99. The summed E-state index contributed by atoms with van der Waals surface area (Å²) in [5, 5.41) is 0. The largest absolute Gasteiger partial charge is 0.337 e. The topological polar surface area (TPSA) is 62.5 Å². The number of nitrogens with zero attached hydrogens (tertiary/aromatic N) is 3. The third-order valence-electron chi connectivity index (χ3n) is 3.38. The average Bonchev–Trinajstić information content (AvgIpc) is 3.12. The summed E-state index contributed by atoms with van der Waals surface area (Å²) >= 11 is 0. The van der Waals surface area contributed by atoms with Crippen molar-refractivity contribution in [2.75, 3.05) is 27.2 Å². The van der Waals surface area contributed by atoms with Crippen molar-refractivity contribution < 1.29 is 4.79 Å². The Hall–Kier alpha value is -1.46. The normalized spacial score (nSPS) is 21.5. The smallest absolute Gasteiger partial charge is 0.227 e. The summed E-state index contributed by atoms with van der Waals surface area (Å²) in [6.07, 6.45) is 4.37. The van der Waals surface area contributed by atoms with Crippen molar-refractivity contribution in [3.8, 4) is 0 Å². The molecule has 2 rings (SSSR count). The van der Waals surface area contributed by atoms with Crippen molar-refractivity contribution in [3.63, 3.8) is 0 Å². The highest BCUT2D eigenvalue weighted by Gasteiger charge is 2.42. The lowest BCUT2D eigenvalue weighted by molar-refractivity contribution is -0.133. The maximum atomic E-state index is 12.3. The first kappa shape index (κ1) is 14.0. The lowest BCUT2D eigenvalue weighted by Crippen LogP contribution is -2.38. The highest BCUT2D eigenvalue weighted by molar-refractivity contribution is 5.82. The predicted octanol–water partition coefficient (Wildman–Crippen LogP) is 0.319. The van der Waals surface area contributed by atoms with Crippen LogP contribution < -0.4 is 5.73 Å². The zero-order valence-corrected chi connectivity index (χ0v) is 11.6. The molecule has 1 amide bonds. The molecule has 1 heterocycles. The molecule has 1 saturated carbocycles. The molecule has 19 heavy (non-hydrogen) atoms. The van der Waals surface area contributed by atoms with Crippen molar-refractivity contribution in [1.29, 1.82) is 0 Å².